The van der Waals surface area contributed by atoms with Crippen molar-refractivity contribution in [3.63, 3.8) is 0 Å². The molecule has 2 aromatic rings. The fraction of sp³-hybridized carbons (Fsp3) is 0.188. The third-order valence-electron chi connectivity index (χ3n) is 3.54. The molecule has 1 N–H and O–H groups in total. The minimum absolute atomic E-state index is 0.0811. The Morgan fingerprint density at radius 2 is 1.63 bits per heavy atom. The molecule has 0 aliphatic heterocycles. The first-order chi connectivity index (χ1) is 9.20. The molecular formula is C16H14FNO. The van der Waals surface area contributed by atoms with Crippen molar-refractivity contribution >= 4 is 5.91 Å². The van der Waals surface area contributed by atoms with Crippen LogP contribution in [-0.4, -0.2) is 5.91 Å². The molecule has 0 heterocycles. The highest BCUT2D eigenvalue weighted by atomic mass is 19.1. The van der Waals surface area contributed by atoms with Crippen molar-refractivity contribution in [3.05, 3.63) is 71.5 Å². The Balaban J connectivity index is 1.79. The first kappa shape index (κ1) is 11.9. The molecule has 0 atom stereocenters. The highest BCUT2D eigenvalue weighted by molar-refractivity contribution is 5.95. The second-order valence-electron chi connectivity index (χ2n) is 4.91. The molecule has 3 rings (SSSR count). The highest BCUT2D eigenvalue weighted by Crippen LogP contribution is 2.45. The van der Waals surface area contributed by atoms with Crippen LogP contribution in [0.4, 0.5) is 4.39 Å². The minimum atomic E-state index is -0.305. The summed E-state index contributed by atoms with van der Waals surface area (Å²) in [4.78, 5) is 12.2. The van der Waals surface area contributed by atoms with Crippen LogP contribution in [0, 0.1) is 5.82 Å². The molecule has 0 bridgehead atoms. The predicted molar refractivity (Wildman–Crippen MR) is 71.2 cm³/mol. The molecule has 0 unspecified atom stereocenters. The van der Waals surface area contributed by atoms with Gasteiger partial charge in [0.25, 0.3) is 5.91 Å². The van der Waals surface area contributed by atoms with Crippen LogP contribution in [0.15, 0.2) is 54.6 Å². The molecule has 0 aromatic heterocycles. The number of carbonyl (C=O) groups excluding carboxylic acids is 1. The van der Waals surface area contributed by atoms with E-state index in [1.54, 1.807) is 24.3 Å². The largest absolute Gasteiger partial charge is 0.343 e. The molecule has 3 heteroatoms. The van der Waals surface area contributed by atoms with Gasteiger partial charge in [0.1, 0.15) is 5.82 Å². The average Bonchev–Trinajstić information content (AvgIpc) is 3.21. The number of nitrogens with one attached hydrogen (secondary N) is 1. The van der Waals surface area contributed by atoms with Crippen LogP contribution in [-0.2, 0) is 5.54 Å². The van der Waals surface area contributed by atoms with Gasteiger partial charge in [0.05, 0.1) is 5.54 Å². The molecule has 1 aliphatic rings. The van der Waals surface area contributed by atoms with Gasteiger partial charge >= 0.3 is 0 Å². The summed E-state index contributed by atoms with van der Waals surface area (Å²) in [6.45, 7) is 0. The maximum absolute atomic E-state index is 12.9. The fourth-order valence-electron chi connectivity index (χ4n) is 2.26. The van der Waals surface area contributed by atoms with E-state index in [9.17, 15) is 9.18 Å². The molecule has 2 aromatic carbocycles. The van der Waals surface area contributed by atoms with Crippen LogP contribution in [0.25, 0.3) is 0 Å². The van der Waals surface area contributed by atoms with E-state index in [1.165, 1.54) is 12.1 Å². The lowest BCUT2D eigenvalue weighted by Gasteiger charge is -2.18. The molecular weight excluding hydrogens is 241 g/mol. The molecule has 19 heavy (non-hydrogen) atoms. The summed E-state index contributed by atoms with van der Waals surface area (Å²) in [5.41, 5.74) is 1.31. The van der Waals surface area contributed by atoms with E-state index < -0.39 is 0 Å². The zero-order chi connectivity index (χ0) is 13.3. The minimum Gasteiger partial charge on any atom is -0.343 e. The van der Waals surface area contributed by atoms with E-state index in [4.69, 9.17) is 0 Å². The Kier molecular flexibility index (Phi) is 2.82. The van der Waals surface area contributed by atoms with Crippen LogP contribution in [0.1, 0.15) is 28.8 Å². The first-order valence-corrected chi connectivity index (χ1v) is 6.33. The molecule has 0 radical (unpaired) electrons. The second-order valence-corrected chi connectivity index (χ2v) is 4.91. The molecule has 96 valence electrons. The second kappa shape index (κ2) is 4.50. The summed E-state index contributed by atoms with van der Waals surface area (Å²) >= 11 is 0. The third kappa shape index (κ3) is 2.36. The molecule has 1 fully saturated rings. The third-order valence-corrected chi connectivity index (χ3v) is 3.54. The zero-order valence-electron chi connectivity index (χ0n) is 10.4. The van der Waals surface area contributed by atoms with E-state index in [0.717, 1.165) is 18.4 Å². The van der Waals surface area contributed by atoms with Crippen molar-refractivity contribution in [3.8, 4) is 0 Å². The summed E-state index contributed by atoms with van der Waals surface area (Å²) in [5.74, 6) is -0.337. The van der Waals surface area contributed by atoms with E-state index in [-0.39, 0.29) is 17.3 Å². The Morgan fingerprint density at radius 1 is 1.00 bits per heavy atom. The number of hydrogen-bond acceptors (Lipinski definition) is 1. The van der Waals surface area contributed by atoms with E-state index >= 15 is 0 Å². The number of hydrogen-bond donors (Lipinski definition) is 1. The number of amides is 1. The van der Waals surface area contributed by atoms with Gasteiger partial charge in [0, 0.05) is 5.56 Å². The summed E-state index contributed by atoms with van der Waals surface area (Å²) in [7, 11) is 0. The lowest BCUT2D eigenvalue weighted by molar-refractivity contribution is 0.0931. The topological polar surface area (TPSA) is 29.1 Å². The maximum Gasteiger partial charge on any atom is 0.251 e. The van der Waals surface area contributed by atoms with Crippen molar-refractivity contribution in [2.75, 3.05) is 0 Å². The van der Waals surface area contributed by atoms with Gasteiger partial charge in [0.15, 0.2) is 0 Å². The fourth-order valence-corrected chi connectivity index (χ4v) is 2.26. The van der Waals surface area contributed by atoms with Gasteiger partial charge in [0.2, 0.25) is 0 Å². The predicted octanol–water partition coefficient (Wildman–Crippen LogP) is 3.24. The Labute approximate surface area is 111 Å². The van der Waals surface area contributed by atoms with Crippen molar-refractivity contribution in [1.29, 1.82) is 0 Å². The number of halogens is 1. The Hall–Kier alpha value is -2.16. The maximum atomic E-state index is 12.9. The van der Waals surface area contributed by atoms with Crippen LogP contribution >= 0.6 is 0 Å². The molecule has 0 spiro atoms. The zero-order valence-corrected chi connectivity index (χ0v) is 10.4. The average molecular weight is 255 g/mol. The monoisotopic (exact) mass is 255 g/mol. The summed E-state index contributed by atoms with van der Waals surface area (Å²) in [5, 5.41) is 3.06. The number of carbonyl (C=O) groups is 1. The molecule has 0 saturated heterocycles. The van der Waals surface area contributed by atoms with Crippen LogP contribution in [0.5, 0.6) is 0 Å². The quantitative estimate of drug-likeness (QED) is 0.896. The van der Waals surface area contributed by atoms with Gasteiger partial charge in [-0.1, -0.05) is 30.3 Å². The van der Waals surface area contributed by atoms with Crippen LogP contribution in [0.2, 0.25) is 0 Å². The van der Waals surface area contributed by atoms with Gasteiger partial charge in [-0.05, 0) is 42.7 Å². The summed E-state index contributed by atoms with van der Waals surface area (Å²) < 4.78 is 12.9. The normalized spacial score (nSPS) is 15.8. The van der Waals surface area contributed by atoms with Crippen LogP contribution in [0.3, 0.4) is 0 Å². The van der Waals surface area contributed by atoms with Crippen molar-refractivity contribution in [1.82, 2.24) is 5.32 Å². The van der Waals surface area contributed by atoms with E-state index in [0.29, 0.717) is 5.56 Å². The van der Waals surface area contributed by atoms with Crippen molar-refractivity contribution in [2.24, 2.45) is 0 Å². The molecule has 1 saturated carbocycles. The lowest BCUT2D eigenvalue weighted by atomic mass is 10.0. The number of benzene rings is 2. The standard InChI is InChI=1S/C16H14FNO/c17-14-8-6-13(7-9-14)16(10-11-16)18-15(19)12-4-2-1-3-5-12/h1-9H,10-11H2,(H,18,19). The van der Waals surface area contributed by atoms with E-state index in [1.807, 2.05) is 18.2 Å². The molecule has 1 aliphatic carbocycles. The molecule has 2 nitrogen and oxygen atoms in total. The smallest absolute Gasteiger partial charge is 0.251 e. The Morgan fingerprint density at radius 3 is 2.21 bits per heavy atom. The van der Waals surface area contributed by atoms with Gasteiger partial charge in [-0.3, -0.25) is 4.79 Å². The highest BCUT2D eigenvalue weighted by Gasteiger charge is 2.45. The van der Waals surface area contributed by atoms with Crippen molar-refractivity contribution in [2.45, 2.75) is 18.4 Å². The first-order valence-electron chi connectivity index (χ1n) is 6.33. The lowest BCUT2D eigenvalue weighted by Crippen LogP contribution is -2.34. The molecule has 1 amide bonds. The van der Waals surface area contributed by atoms with Crippen molar-refractivity contribution < 1.29 is 9.18 Å². The van der Waals surface area contributed by atoms with Gasteiger partial charge in [-0.25, -0.2) is 4.39 Å². The van der Waals surface area contributed by atoms with Crippen LogP contribution < -0.4 is 5.32 Å². The van der Waals surface area contributed by atoms with E-state index in [2.05, 4.69) is 5.32 Å². The Bertz CT molecular complexity index is 588. The van der Waals surface area contributed by atoms with Gasteiger partial charge in [-0.15, -0.1) is 0 Å². The summed E-state index contributed by atoms with van der Waals surface area (Å²) in [6.07, 6.45) is 1.80. The van der Waals surface area contributed by atoms with Gasteiger partial charge < -0.3 is 5.32 Å². The van der Waals surface area contributed by atoms with Gasteiger partial charge in [-0.2, -0.15) is 0 Å². The summed E-state index contributed by atoms with van der Waals surface area (Å²) in [6, 6.07) is 15.5. The SMILES string of the molecule is O=C(NC1(c2ccc(F)cc2)CC1)c1ccccc1. The number of rotatable bonds is 3.